The Morgan fingerprint density at radius 3 is 2.93 bits per heavy atom. The van der Waals surface area contributed by atoms with E-state index in [1.807, 2.05) is 31.2 Å². The molecule has 1 aliphatic heterocycles. The predicted octanol–water partition coefficient (Wildman–Crippen LogP) is 4.89. The van der Waals surface area contributed by atoms with Crippen LogP contribution in [0.3, 0.4) is 0 Å². The molecule has 7 nitrogen and oxygen atoms in total. The van der Waals surface area contributed by atoms with Crippen molar-refractivity contribution < 1.29 is 9.57 Å². The summed E-state index contributed by atoms with van der Waals surface area (Å²) in [5, 5.41) is 9.81. The highest BCUT2D eigenvalue weighted by atomic mass is 79.9. The molecule has 9 heteroatoms. The van der Waals surface area contributed by atoms with Gasteiger partial charge in [0.25, 0.3) is 0 Å². The molecule has 0 aliphatic carbocycles. The van der Waals surface area contributed by atoms with Crippen LogP contribution in [0.2, 0.25) is 0 Å². The Labute approximate surface area is 185 Å². The molecular weight excluding hydrogens is 466 g/mol. The van der Waals surface area contributed by atoms with E-state index in [1.54, 1.807) is 22.2 Å². The smallest absolute Gasteiger partial charge is 0.192 e. The summed E-state index contributed by atoms with van der Waals surface area (Å²) >= 11 is 5.11. The molecule has 1 aliphatic rings. The molecule has 0 radical (unpaired) electrons. The van der Waals surface area contributed by atoms with Crippen molar-refractivity contribution in [1.29, 1.82) is 0 Å². The Balaban J connectivity index is 1.42. The Morgan fingerprint density at radius 1 is 1.33 bits per heavy atom. The summed E-state index contributed by atoms with van der Waals surface area (Å²) in [7, 11) is 0. The number of benzene rings is 1. The topological polar surface area (TPSA) is 73.9 Å². The molecule has 4 aromatic rings. The second-order valence-electron chi connectivity index (χ2n) is 7.91. The second kappa shape index (κ2) is 7.40. The summed E-state index contributed by atoms with van der Waals surface area (Å²) in [5.41, 5.74) is 3.68. The Hall–Kier alpha value is -2.36. The van der Waals surface area contributed by atoms with Crippen molar-refractivity contribution in [2.75, 3.05) is 0 Å². The number of oxime groups is 1. The summed E-state index contributed by atoms with van der Waals surface area (Å²) in [5.74, 6) is 0.572. The quantitative estimate of drug-likeness (QED) is 0.303. The molecule has 30 heavy (non-hydrogen) atoms. The van der Waals surface area contributed by atoms with Crippen LogP contribution < -0.4 is 0 Å². The zero-order valence-corrected chi connectivity index (χ0v) is 19.2. The van der Waals surface area contributed by atoms with E-state index in [1.165, 1.54) is 10.4 Å². The number of thiophene rings is 1. The molecule has 0 amide bonds. The molecule has 0 saturated carbocycles. The fraction of sp³-hybridized carbons (Fsp3) is 0.333. The van der Waals surface area contributed by atoms with Crippen molar-refractivity contribution in [3.8, 4) is 0 Å². The molecule has 1 aromatic carbocycles. The summed E-state index contributed by atoms with van der Waals surface area (Å²) in [6.45, 7) is 6.95. The maximum Gasteiger partial charge on any atom is 0.192 e. The van der Waals surface area contributed by atoms with Gasteiger partial charge in [0.05, 0.1) is 23.3 Å². The predicted molar refractivity (Wildman–Crippen MR) is 120 cm³/mol. The monoisotopic (exact) mass is 485 g/mol. The van der Waals surface area contributed by atoms with E-state index >= 15 is 0 Å². The molecule has 0 fully saturated rings. The van der Waals surface area contributed by atoms with Gasteiger partial charge in [0.1, 0.15) is 11.2 Å². The Morgan fingerprint density at radius 2 is 2.13 bits per heavy atom. The summed E-state index contributed by atoms with van der Waals surface area (Å²) in [6, 6.07) is 7.93. The molecular formula is C21H20BrN5O2S. The zero-order valence-electron chi connectivity index (χ0n) is 16.8. The van der Waals surface area contributed by atoms with Crippen LogP contribution in [-0.2, 0) is 29.2 Å². The molecule has 0 unspecified atom stereocenters. The first kappa shape index (κ1) is 19.6. The van der Waals surface area contributed by atoms with Crippen molar-refractivity contribution in [3.63, 3.8) is 0 Å². The summed E-state index contributed by atoms with van der Waals surface area (Å²) in [4.78, 5) is 17.0. The minimum atomic E-state index is -0.195. The molecule has 0 atom stereocenters. The van der Waals surface area contributed by atoms with Crippen LogP contribution in [0, 0.1) is 0 Å². The number of aromatic nitrogens is 4. The third-order valence-corrected chi connectivity index (χ3v) is 6.75. The zero-order chi connectivity index (χ0) is 20.9. The van der Waals surface area contributed by atoms with Gasteiger partial charge in [-0.15, -0.1) is 16.4 Å². The largest absolute Gasteiger partial charge is 0.387 e. The average molecular weight is 486 g/mol. The van der Waals surface area contributed by atoms with E-state index in [0.29, 0.717) is 12.4 Å². The molecule has 0 spiro atoms. The number of hydrogen-bond acceptors (Lipinski definition) is 7. The average Bonchev–Trinajstić information content (AvgIpc) is 3.27. The number of rotatable bonds is 4. The fourth-order valence-corrected chi connectivity index (χ4v) is 4.91. The highest BCUT2D eigenvalue weighted by Gasteiger charge is 2.30. The van der Waals surface area contributed by atoms with Crippen LogP contribution >= 0.6 is 27.3 Å². The van der Waals surface area contributed by atoms with E-state index in [9.17, 15) is 0 Å². The van der Waals surface area contributed by atoms with Gasteiger partial charge >= 0.3 is 0 Å². The van der Waals surface area contributed by atoms with Crippen LogP contribution in [0.1, 0.15) is 42.6 Å². The first-order valence-electron chi connectivity index (χ1n) is 9.60. The lowest BCUT2D eigenvalue weighted by molar-refractivity contribution is -0.0379. The second-order valence-corrected chi connectivity index (χ2v) is 9.91. The van der Waals surface area contributed by atoms with Crippen molar-refractivity contribution >= 4 is 48.8 Å². The third-order valence-electron chi connectivity index (χ3n) is 5.11. The van der Waals surface area contributed by atoms with E-state index in [4.69, 9.17) is 14.6 Å². The van der Waals surface area contributed by atoms with Gasteiger partial charge in [-0.3, -0.25) is 0 Å². The highest BCUT2D eigenvalue weighted by Crippen LogP contribution is 2.39. The lowest BCUT2D eigenvalue weighted by Gasteiger charge is -2.30. The van der Waals surface area contributed by atoms with E-state index in [-0.39, 0.29) is 12.2 Å². The molecule has 154 valence electrons. The lowest BCUT2D eigenvalue weighted by Crippen LogP contribution is -2.31. The minimum Gasteiger partial charge on any atom is -0.387 e. The van der Waals surface area contributed by atoms with Gasteiger partial charge < -0.3 is 9.57 Å². The van der Waals surface area contributed by atoms with Gasteiger partial charge in [-0.2, -0.15) is 0 Å². The summed E-state index contributed by atoms with van der Waals surface area (Å²) in [6.07, 6.45) is 2.54. The molecule has 3 aromatic heterocycles. The normalized spacial score (nSPS) is 16.2. The van der Waals surface area contributed by atoms with Gasteiger partial charge in [0, 0.05) is 15.8 Å². The Kier molecular flexibility index (Phi) is 4.83. The van der Waals surface area contributed by atoms with Crippen molar-refractivity contribution in [2.24, 2.45) is 5.16 Å². The van der Waals surface area contributed by atoms with Gasteiger partial charge in [0.15, 0.2) is 18.1 Å². The highest BCUT2D eigenvalue weighted by molar-refractivity contribution is 9.10. The van der Waals surface area contributed by atoms with Gasteiger partial charge in [0.2, 0.25) is 0 Å². The maximum atomic E-state index is 5.96. The van der Waals surface area contributed by atoms with E-state index in [2.05, 4.69) is 45.0 Å². The van der Waals surface area contributed by atoms with E-state index in [0.717, 1.165) is 38.0 Å². The van der Waals surface area contributed by atoms with Crippen LogP contribution in [0.25, 0.3) is 15.9 Å². The molecule has 0 bridgehead atoms. The molecule has 4 heterocycles. The van der Waals surface area contributed by atoms with E-state index < -0.39 is 0 Å². The van der Waals surface area contributed by atoms with Crippen molar-refractivity contribution in [1.82, 2.24) is 19.6 Å². The molecule has 0 saturated heterocycles. The van der Waals surface area contributed by atoms with Crippen molar-refractivity contribution in [2.45, 2.75) is 46.0 Å². The first-order valence-corrected chi connectivity index (χ1v) is 11.2. The SMILES string of the molecule is C/C(=N\OCc1nc2c3c4c(sc3ncn2n1)COC(C)(C)C4)c1ccc(Br)cc1. The minimum absolute atomic E-state index is 0.192. The molecule has 5 rings (SSSR count). The van der Waals surface area contributed by atoms with Crippen molar-refractivity contribution in [3.05, 3.63) is 56.9 Å². The van der Waals surface area contributed by atoms with Gasteiger partial charge in [-0.05, 0) is 44.0 Å². The summed E-state index contributed by atoms with van der Waals surface area (Å²) < 4.78 is 8.71. The lowest BCUT2D eigenvalue weighted by atomic mass is 9.94. The van der Waals surface area contributed by atoms with Gasteiger partial charge in [-0.1, -0.05) is 33.2 Å². The fourth-order valence-electron chi connectivity index (χ4n) is 3.58. The number of hydrogen-bond donors (Lipinski definition) is 0. The standard InChI is InChI=1S/C21H20BrN5O2S/c1-12(13-4-6-14(22)7-5-13)26-29-10-17-24-19-18-15-8-21(2,3)28-9-16(15)30-20(18)23-11-27(19)25-17/h4-7,11H,8-10H2,1-3H3/b26-12+. The Bertz CT molecular complexity index is 1280. The maximum absolute atomic E-state index is 5.96. The number of ether oxygens (including phenoxy) is 1. The first-order chi connectivity index (χ1) is 14.4. The number of fused-ring (bicyclic) bond motifs is 5. The molecule has 0 N–H and O–H groups in total. The number of nitrogens with zero attached hydrogens (tertiary/aromatic N) is 5. The van der Waals surface area contributed by atoms with Crippen LogP contribution in [0.5, 0.6) is 0 Å². The third kappa shape index (κ3) is 3.61. The van der Waals surface area contributed by atoms with Crippen LogP contribution in [0.4, 0.5) is 0 Å². The number of halogens is 1. The van der Waals surface area contributed by atoms with Crippen LogP contribution in [0.15, 0.2) is 40.2 Å². The van der Waals surface area contributed by atoms with Crippen LogP contribution in [-0.4, -0.2) is 30.9 Å². The van der Waals surface area contributed by atoms with Gasteiger partial charge in [-0.25, -0.2) is 14.5 Å².